The first-order chi connectivity index (χ1) is 5.57. The molecule has 0 bridgehead atoms. The number of hydrogen-bond donors (Lipinski definition) is 1. The molecule has 0 unspecified atom stereocenters. The fraction of sp³-hybridized carbons (Fsp3) is 0.400. The highest BCUT2D eigenvalue weighted by atomic mass is 32.1. The van der Waals surface area contributed by atoms with Gasteiger partial charge in [-0.05, 0) is 17.5 Å². The molecule has 0 spiro atoms. The molecule has 0 saturated heterocycles. The summed E-state index contributed by atoms with van der Waals surface area (Å²) < 4.78 is 1.36. The number of nitrogens with one attached hydrogen (secondary N) is 1. The Hall–Kier alpha value is -0.760. The molecule has 12 heavy (non-hydrogen) atoms. The third-order valence-corrected chi connectivity index (χ3v) is 3.50. The van der Waals surface area contributed by atoms with Crippen molar-refractivity contribution < 1.29 is 0 Å². The summed E-state index contributed by atoms with van der Waals surface area (Å²) in [7, 11) is 0. The normalized spacial score (nSPS) is 12.6. The van der Waals surface area contributed by atoms with Crippen molar-refractivity contribution in [2.75, 3.05) is 0 Å². The van der Waals surface area contributed by atoms with Gasteiger partial charge in [-0.25, -0.2) is 0 Å². The van der Waals surface area contributed by atoms with Crippen molar-refractivity contribution in [2.24, 2.45) is 0 Å². The molecule has 0 aromatic carbocycles. The molecule has 2 aromatic rings. The van der Waals surface area contributed by atoms with E-state index < -0.39 is 0 Å². The monoisotopic (exact) mass is 179 g/mol. The summed E-state index contributed by atoms with van der Waals surface area (Å²) in [6.07, 6.45) is 1.99. The molecular formula is C10H13NS. The molecule has 0 amide bonds. The Balaban J connectivity index is 2.59. The predicted molar refractivity (Wildman–Crippen MR) is 54.9 cm³/mol. The molecule has 0 saturated carbocycles. The number of H-pyrrole nitrogens is 1. The molecule has 1 nitrogen and oxygen atoms in total. The van der Waals surface area contributed by atoms with E-state index in [0.29, 0.717) is 0 Å². The van der Waals surface area contributed by atoms with Crippen molar-refractivity contribution in [2.45, 2.75) is 26.2 Å². The van der Waals surface area contributed by atoms with Crippen LogP contribution in [0.4, 0.5) is 0 Å². The molecular weight excluding hydrogens is 166 g/mol. The third-order valence-electron chi connectivity index (χ3n) is 1.97. The predicted octanol–water partition coefficient (Wildman–Crippen LogP) is 3.53. The lowest BCUT2D eigenvalue weighted by Gasteiger charge is -2.14. The fourth-order valence-corrected chi connectivity index (χ4v) is 2.30. The smallest absolute Gasteiger partial charge is 0.0566 e. The van der Waals surface area contributed by atoms with E-state index in [0.717, 1.165) is 0 Å². The number of hydrogen-bond acceptors (Lipinski definition) is 1. The fourth-order valence-electron chi connectivity index (χ4n) is 1.22. The summed E-state index contributed by atoms with van der Waals surface area (Å²) in [6, 6.07) is 4.38. The van der Waals surface area contributed by atoms with E-state index in [2.05, 4.69) is 37.9 Å². The highest BCUT2D eigenvalue weighted by Gasteiger charge is 2.16. The Morgan fingerprint density at radius 1 is 1.33 bits per heavy atom. The van der Waals surface area contributed by atoms with E-state index in [1.54, 1.807) is 0 Å². The minimum Gasteiger partial charge on any atom is -0.360 e. The van der Waals surface area contributed by atoms with Crippen LogP contribution in [0.2, 0.25) is 0 Å². The molecule has 2 heterocycles. The number of rotatable bonds is 0. The maximum absolute atomic E-state index is 3.22. The lowest BCUT2D eigenvalue weighted by atomic mass is 9.95. The van der Waals surface area contributed by atoms with E-state index >= 15 is 0 Å². The van der Waals surface area contributed by atoms with Crippen LogP contribution in [-0.2, 0) is 5.41 Å². The summed E-state index contributed by atoms with van der Waals surface area (Å²) in [5.74, 6) is 0. The standard InChI is InChI=1S/C10H13NS/c1-10(2,3)9-6-7-8(12-9)4-5-11-7/h4-6,11H,1-3H3. The van der Waals surface area contributed by atoms with Crippen LogP contribution in [0.25, 0.3) is 10.2 Å². The van der Waals surface area contributed by atoms with Crippen LogP contribution < -0.4 is 0 Å². The quantitative estimate of drug-likeness (QED) is 0.637. The van der Waals surface area contributed by atoms with Gasteiger partial charge in [0.15, 0.2) is 0 Å². The number of aromatic nitrogens is 1. The zero-order valence-corrected chi connectivity index (χ0v) is 8.46. The number of fused-ring (bicyclic) bond motifs is 1. The van der Waals surface area contributed by atoms with Gasteiger partial charge in [0.1, 0.15) is 0 Å². The van der Waals surface area contributed by atoms with Gasteiger partial charge < -0.3 is 4.98 Å². The van der Waals surface area contributed by atoms with Crippen LogP contribution in [0, 0.1) is 0 Å². The molecule has 0 radical (unpaired) electrons. The first-order valence-corrected chi connectivity index (χ1v) is 4.96. The molecule has 0 aliphatic rings. The summed E-state index contributed by atoms with van der Waals surface area (Å²) in [5.41, 5.74) is 1.55. The maximum Gasteiger partial charge on any atom is 0.0566 e. The zero-order valence-electron chi connectivity index (χ0n) is 7.64. The Kier molecular flexibility index (Phi) is 1.55. The number of thiophene rings is 1. The van der Waals surface area contributed by atoms with E-state index in [-0.39, 0.29) is 5.41 Å². The van der Waals surface area contributed by atoms with E-state index in [1.807, 2.05) is 17.5 Å². The van der Waals surface area contributed by atoms with Gasteiger partial charge in [-0.1, -0.05) is 20.8 Å². The molecule has 0 aliphatic heterocycles. The largest absolute Gasteiger partial charge is 0.360 e. The molecule has 0 aliphatic carbocycles. The van der Waals surface area contributed by atoms with Gasteiger partial charge in [0.25, 0.3) is 0 Å². The molecule has 1 N–H and O–H groups in total. The first kappa shape index (κ1) is 7.87. The zero-order chi connectivity index (χ0) is 8.77. The second-order valence-electron chi connectivity index (χ2n) is 4.12. The van der Waals surface area contributed by atoms with Gasteiger partial charge in [-0.15, -0.1) is 11.3 Å². The average Bonchev–Trinajstić information content (AvgIpc) is 2.37. The summed E-state index contributed by atoms with van der Waals surface area (Å²) in [4.78, 5) is 4.67. The van der Waals surface area contributed by atoms with Crippen molar-refractivity contribution in [3.63, 3.8) is 0 Å². The lowest BCUT2D eigenvalue weighted by Crippen LogP contribution is -2.07. The van der Waals surface area contributed by atoms with Crippen molar-refractivity contribution in [1.29, 1.82) is 0 Å². The highest BCUT2D eigenvalue weighted by molar-refractivity contribution is 7.19. The van der Waals surface area contributed by atoms with Crippen LogP contribution in [0.1, 0.15) is 25.6 Å². The van der Waals surface area contributed by atoms with Crippen LogP contribution in [0.15, 0.2) is 18.3 Å². The third kappa shape index (κ3) is 1.16. The Labute approximate surface area is 76.4 Å². The maximum atomic E-state index is 3.22. The Morgan fingerprint density at radius 3 is 2.67 bits per heavy atom. The van der Waals surface area contributed by atoms with Crippen molar-refractivity contribution in [3.8, 4) is 0 Å². The van der Waals surface area contributed by atoms with Crippen LogP contribution in [0.5, 0.6) is 0 Å². The minimum absolute atomic E-state index is 0.282. The van der Waals surface area contributed by atoms with Crippen molar-refractivity contribution in [3.05, 3.63) is 23.2 Å². The average molecular weight is 179 g/mol. The van der Waals surface area contributed by atoms with Gasteiger partial charge in [-0.2, -0.15) is 0 Å². The molecule has 2 aromatic heterocycles. The van der Waals surface area contributed by atoms with Gasteiger partial charge in [-0.3, -0.25) is 0 Å². The molecule has 2 rings (SSSR count). The summed E-state index contributed by atoms with van der Waals surface area (Å²) in [5, 5.41) is 0. The van der Waals surface area contributed by atoms with E-state index in [4.69, 9.17) is 0 Å². The molecule has 0 fully saturated rings. The minimum atomic E-state index is 0.282. The van der Waals surface area contributed by atoms with Gasteiger partial charge >= 0.3 is 0 Å². The van der Waals surface area contributed by atoms with Gasteiger partial charge in [0.2, 0.25) is 0 Å². The number of aromatic amines is 1. The van der Waals surface area contributed by atoms with Crippen molar-refractivity contribution >= 4 is 21.6 Å². The van der Waals surface area contributed by atoms with Crippen LogP contribution in [0.3, 0.4) is 0 Å². The second-order valence-corrected chi connectivity index (χ2v) is 5.20. The Morgan fingerprint density at radius 2 is 2.08 bits per heavy atom. The molecule has 64 valence electrons. The summed E-state index contributed by atoms with van der Waals surface area (Å²) in [6.45, 7) is 6.74. The molecule has 2 heteroatoms. The van der Waals surface area contributed by atoms with Crippen molar-refractivity contribution in [1.82, 2.24) is 4.98 Å². The highest BCUT2D eigenvalue weighted by Crippen LogP contribution is 2.33. The van der Waals surface area contributed by atoms with Crippen LogP contribution in [-0.4, -0.2) is 4.98 Å². The van der Waals surface area contributed by atoms with Crippen LogP contribution >= 0.6 is 11.3 Å². The lowest BCUT2D eigenvalue weighted by molar-refractivity contribution is 0.604. The Bertz CT molecular complexity index is 361. The van der Waals surface area contributed by atoms with E-state index in [1.165, 1.54) is 15.1 Å². The first-order valence-electron chi connectivity index (χ1n) is 4.15. The SMILES string of the molecule is CC(C)(C)c1cc2[nH]ccc2s1. The topological polar surface area (TPSA) is 15.8 Å². The van der Waals surface area contributed by atoms with Gasteiger partial charge in [0, 0.05) is 11.1 Å². The summed E-state index contributed by atoms with van der Waals surface area (Å²) >= 11 is 1.88. The molecule has 0 atom stereocenters. The van der Waals surface area contributed by atoms with E-state index in [9.17, 15) is 0 Å². The van der Waals surface area contributed by atoms with Gasteiger partial charge in [0.05, 0.1) is 10.2 Å². The second kappa shape index (κ2) is 2.36.